The van der Waals surface area contributed by atoms with Crippen molar-refractivity contribution in [2.45, 2.75) is 57.7 Å². The lowest BCUT2D eigenvalue weighted by atomic mass is 10.00. The third-order valence-corrected chi connectivity index (χ3v) is 4.87. The first-order chi connectivity index (χ1) is 8.74. The molecule has 3 aliphatic rings. The highest BCUT2D eigenvalue weighted by atomic mass is 16.5. The molecule has 4 unspecified atom stereocenters. The van der Waals surface area contributed by atoms with Gasteiger partial charge in [0, 0.05) is 31.8 Å². The fourth-order valence-corrected chi connectivity index (χ4v) is 3.59. The molecule has 1 N–H and O–H groups in total. The lowest BCUT2D eigenvalue weighted by Crippen LogP contribution is -2.49. The van der Waals surface area contributed by atoms with Crippen molar-refractivity contribution in [2.75, 3.05) is 26.2 Å². The molecule has 18 heavy (non-hydrogen) atoms. The van der Waals surface area contributed by atoms with Gasteiger partial charge in [-0.1, -0.05) is 6.92 Å². The summed E-state index contributed by atoms with van der Waals surface area (Å²) in [5.41, 5.74) is 0. The van der Waals surface area contributed by atoms with Crippen LogP contribution in [0.15, 0.2) is 0 Å². The SMILES string of the molecule is CC1CNC(C)CCN(C2CCOC2C2CC2)C1. The van der Waals surface area contributed by atoms with Crippen molar-refractivity contribution in [3.05, 3.63) is 0 Å². The van der Waals surface area contributed by atoms with Crippen LogP contribution < -0.4 is 5.32 Å². The normalized spacial score (nSPS) is 43.7. The van der Waals surface area contributed by atoms with E-state index in [9.17, 15) is 0 Å². The van der Waals surface area contributed by atoms with Crippen molar-refractivity contribution in [3.63, 3.8) is 0 Å². The molecular formula is C15H28N2O. The van der Waals surface area contributed by atoms with Gasteiger partial charge in [0.05, 0.1) is 6.10 Å². The molecule has 3 heteroatoms. The quantitative estimate of drug-likeness (QED) is 0.812. The summed E-state index contributed by atoms with van der Waals surface area (Å²) in [6.07, 6.45) is 5.90. The van der Waals surface area contributed by atoms with Gasteiger partial charge in [0.2, 0.25) is 0 Å². The highest BCUT2D eigenvalue weighted by molar-refractivity contribution is 4.95. The second-order valence-electron chi connectivity index (χ2n) is 6.73. The Morgan fingerprint density at radius 1 is 1.11 bits per heavy atom. The summed E-state index contributed by atoms with van der Waals surface area (Å²) in [5.74, 6) is 1.64. The van der Waals surface area contributed by atoms with Gasteiger partial charge in [-0.15, -0.1) is 0 Å². The molecule has 4 atom stereocenters. The van der Waals surface area contributed by atoms with Gasteiger partial charge in [-0.2, -0.15) is 0 Å². The fourth-order valence-electron chi connectivity index (χ4n) is 3.59. The number of rotatable bonds is 2. The molecule has 1 aliphatic carbocycles. The number of nitrogens with zero attached hydrogens (tertiary/aromatic N) is 1. The van der Waals surface area contributed by atoms with Crippen molar-refractivity contribution < 1.29 is 4.74 Å². The van der Waals surface area contributed by atoms with Crippen molar-refractivity contribution in [1.82, 2.24) is 10.2 Å². The zero-order valence-corrected chi connectivity index (χ0v) is 11.9. The van der Waals surface area contributed by atoms with Crippen LogP contribution in [0.5, 0.6) is 0 Å². The van der Waals surface area contributed by atoms with E-state index in [1.54, 1.807) is 0 Å². The maximum absolute atomic E-state index is 6.02. The van der Waals surface area contributed by atoms with E-state index in [0.29, 0.717) is 18.2 Å². The lowest BCUT2D eigenvalue weighted by Gasteiger charge is -2.37. The molecule has 3 nitrogen and oxygen atoms in total. The molecule has 0 amide bonds. The van der Waals surface area contributed by atoms with Crippen LogP contribution in [-0.4, -0.2) is 49.3 Å². The monoisotopic (exact) mass is 252 g/mol. The summed E-state index contributed by atoms with van der Waals surface area (Å²) in [6, 6.07) is 1.38. The zero-order chi connectivity index (χ0) is 12.5. The first kappa shape index (κ1) is 12.9. The first-order valence-electron chi connectivity index (χ1n) is 7.83. The summed E-state index contributed by atoms with van der Waals surface area (Å²) >= 11 is 0. The number of hydrogen-bond acceptors (Lipinski definition) is 3. The largest absolute Gasteiger partial charge is 0.376 e. The van der Waals surface area contributed by atoms with Gasteiger partial charge in [0.1, 0.15) is 0 Å². The van der Waals surface area contributed by atoms with Crippen LogP contribution >= 0.6 is 0 Å². The molecule has 2 saturated heterocycles. The van der Waals surface area contributed by atoms with E-state index in [2.05, 4.69) is 24.1 Å². The van der Waals surface area contributed by atoms with Crippen molar-refractivity contribution in [3.8, 4) is 0 Å². The minimum atomic E-state index is 0.555. The minimum absolute atomic E-state index is 0.555. The van der Waals surface area contributed by atoms with Crippen LogP contribution in [-0.2, 0) is 4.74 Å². The highest BCUT2D eigenvalue weighted by Gasteiger charge is 2.43. The standard InChI is InChI=1S/C15H28N2O/c1-11-9-16-12(2)5-7-17(10-11)14-6-8-18-15(14)13-3-4-13/h11-16H,3-10H2,1-2H3. The second-order valence-corrected chi connectivity index (χ2v) is 6.73. The smallest absolute Gasteiger partial charge is 0.0759 e. The Balaban J connectivity index is 1.64. The van der Waals surface area contributed by atoms with Crippen LogP contribution in [0.2, 0.25) is 0 Å². The predicted molar refractivity (Wildman–Crippen MR) is 73.7 cm³/mol. The summed E-state index contributed by atoms with van der Waals surface area (Å²) in [6.45, 7) is 9.34. The van der Waals surface area contributed by atoms with Crippen molar-refractivity contribution in [2.24, 2.45) is 11.8 Å². The van der Waals surface area contributed by atoms with E-state index in [1.165, 1.54) is 45.3 Å². The molecule has 3 rings (SSSR count). The Labute approximate surface area is 111 Å². The molecule has 1 saturated carbocycles. The predicted octanol–water partition coefficient (Wildman–Crippen LogP) is 1.87. The average Bonchev–Trinajstić information content (AvgIpc) is 3.08. The van der Waals surface area contributed by atoms with E-state index < -0.39 is 0 Å². The molecule has 0 aromatic rings. The van der Waals surface area contributed by atoms with Crippen LogP contribution in [0.3, 0.4) is 0 Å². The molecule has 2 aliphatic heterocycles. The Hall–Kier alpha value is -0.120. The maximum Gasteiger partial charge on any atom is 0.0759 e. The molecule has 0 radical (unpaired) electrons. The Kier molecular flexibility index (Phi) is 3.92. The maximum atomic E-state index is 6.02. The van der Waals surface area contributed by atoms with Gasteiger partial charge in [0.25, 0.3) is 0 Å². The average molecular weight is 252 g/mol. The third kappa shape index (κ3) is 2.89. The summed E-state index contributed by atoms with van der Waals surface area (Å²) in [5, 5.41) is 3.63. The van der Waals surface area contributed by atoms with E-state index in [-0.39, 0.29) is 0 Å². The van der Waals surface area contributed by atoms with E-state index in [1.807, 2.05) is 0 Å². The van der Waals surface area contributed by atoms with Gasteiger partial charge in [-0.05, 0) is 51.0 Å². The van der Waals surface area contributed by atoms with Crippen LogP contribution in [0, 0.1) is 11.8 Å². The number of ether oxygens (including phenoxy) is 1. The number of nitrogens with one attached hydrogen (secondary N) is 1. The molecule has 0 spiro atoms. The molecule has 0 aromatic heterocycles. The van der Waals surface area contributed by atoms with E-state index in [0.717, 1.165) is 18.4 Å². The molecule has 104 valence electrons. The zero-order valence-electron chi connectivity index (χ0n) is 11.9. The molecular weight excluding hydrogens is 224 g/mol. The Morgan fingerprint density at radius 3 is 2.72 bits per heavy atom. The summed E-state index contributed by atoms with van der Waals surface area (Å²) in [7, 11) is 0. The Bertz CT molecular complexity index is 280. The van der Waals surface area contributed by atoms with Crippen molar-refractivity contribution >= 4 is 0 Å². The van der Waals surface area contributed by atoms with Gasteiger partial charge in [-0.25, -0.2) is 0 Å². The third-order valence-electron chi connectivity index (χ3n) is 4.87. The van der Waals surface area contributed by atoms with Crippen LogP contribution in [0.4, 0.5) is 0 Å². The van der Waals surface area contributed by atoms with E-state index >= 15 is 0 Å². The molecule has 0 aromatic carbocycles. The molecule has 2 heterocycles. The van der Waals surface area contributed by atoms with E-state index in [4.69, 9.17) is 4.74 Å². The van der Waals surface area contributed by atoms with Gasteiger partial charge < -0.3 is 10.1 Å². The Morgan fingerprint density at radius 2 is 1.94 bits per heavy atom. The van der Waals surface area contributed by atoms with Crippen LogP contribution in [0.1, 0.15) is 39.5 Å². The summed E-state index contributed by atoms with van der Waals surface area (Å²) < 4.78 is 6.02. The first-order valence-corrected chi connectivity index (χ1v) is 7.83. The second kappa shape index (κ2) is 5.48. The summed E-state index contributed by atoms with van der Waals surface area (Å²) in [4.78, 5) is 2.75. The minimum Gasteiger partial charge on any atom is -0.376 e. The van der Waals surface area contributed by atoms with Gasteiger partial charge in [0.15, 0.2) is 0 Å². The molecule has 0 bridgehead atoms. The topological polar surface area (TPSA) is 24.5 Å². The lowest BCUT2D eigenvalue weighted by molar-refractivity contribution is 0.0369. The fraction of sp³-hybridized carbons (Fsp3) is 1.00. The van der Waals surface area contributed by atoms with Gasteiger partial charge in [-0.3, -0.25) is 4.90 Å². The van der Waals surface area contributed by atoms with Gasteiger partial charge >= 0.3 is 0 Å². The molecule has 3 fully saturated rings. The number of hydrogen-bond donors (Lipinski definition) is 1. The van der Waals surface area contributed by atoms with Crippen molar-refractivity contribution in [1.29, 1.82) is 0 Å². The van der Waals surface area contributed by atoms with Crippen LogP contribution in [0.25, 0.3) is 0 Å². The highest BCUT2D eigenvalue weighted by Crippen LogP contribution is 2.40.